The van der Waals surface area contributed by atoms with Crippen molar-refractivity contribution in [2.75, 3.05) is 40.4 Å². The first-order valence-electron chi connectivity index (χ1n) is 12.3. The lowest BCUT2D eigenvalue weighted by molar-refractivity contribution is -0.0928. The van der Waals surface area contributed by atoms with E-state index in [0.29, 0.717) is 22.2 Å². The Labute approximate surface area is 182 Å². The Hall–Kier alpha value is -0.910. The Kier molecular flexibility index (Phi) is 5.31. The summed E-state index contributed by atoms with van der Waals surface area (Å²) in [6.07, 6.45) is 10.7. The van der Waals surface area contributed by atoms with Crippen molar-refractivity contribution in [1.82, 2.24) is 20.0 Å². The number of aromatic nitrogens is 2. The molecule has 5 heteroatoms. The van der Waals surface area contributed by atoms with E-state index >= 15 is 0 Å². The molecule has 0 bridgehead atoms. The van der Waals surface area contributed by atoms with Gasteiger partial charge in [0.2, 0.25) is 0 Å². The molecule has 0 atom stereocenters. The van der Waals surface area contributed by atoms with Crippen molar-refractivity contribution >= 4 is 0 Å². The van der Waals surface area contributed by atoms with Crippen molar-refractivity contribution < 1.29 is 4.74 Å². The van der Waals surface area contributed by atoms with Crippen LogP contribution in [0.15, 0.2) is 0 Å². The molecular weight excluding hydrogens is 372 g/mol. The van der Waals surface area contributed by atoms with Crippen LogP contribution in [0.3, 0.4) is 0 Å². The van der Waals surface area contributed by atoms with Crippen LogP contribution >= 0.6 is 0 Å². The van der Waals surface area contributed by atoms with Gasteiger partial charge in [0.15, 0.2) is 0 Å². The van der Waals surface area contributed by atoms with Crippen LogP contribution in [-0.2, 0) is 24.2 Å². The van der Waals surface area contributed by atoms with Crippen molar-refractivity contribution in [2.24, 2.45) is 16.2 Å². The Morgan fingerprint density at radius 3 is 2.57 bits per heavy atom. The van der Waals surface area contributed by atoms with Crippen molar-refractivity contribution in [3.63, 3.8) is 0 Å². The molecular formula is C25H42N4O. The lowest BCUT2D eigenvalue weighted by Gasteiger charge is -2.48. The van der Waals surface area contributed by atoms with Crippen molar-refractivity contribution in [1.29, 1.82) is 0 Å². The summed E-state index contributed by atoms with van der Waals surface area (Å²) in [6.45, 7) is 11.0. The van der Waals surface area contributed by atoms with Gasteiger partial charge in [0.05, 0.1) is 18.9 Å². The second-order valence-corrected chi connectivity index (χ2v) is 12.1. The lowest BCUT2D eigenvalue weighted by atomic mass is 9.62. The van der Waals surface area contributed by atoms with E-state index in [0.717, 1.165) is 32.8 Å². The second kappa shape index (κ2) is 7.60. The molecule has 3 fully saturated rings. The van der Waals surface area contributed by atoms with Gasteiger partial charge in [-0.15, -0.1) is 0 Å². The van der Waals surface area contributed by atoms with Crippen LogP contribution < -0.4 is 5.32 Å². The molecule has 1 aromatic rings. The maximum absolute atomic E-state index is 6.10. The molecule has 0 amide bonds. The Bertz CT molecular complexity index is 770. The summed E-state index contributed by atoms with van der Waals surface area (Å²) in [5, 5.41) is 8.49. The Balaban J connectivity index is 1.34. The molecule has 0 aromatic carbocycles. The van der Waals surface area contributed by atoms with E-state index in [1.807, 2.05) is 7.05 Å². The molecule has 0 radical (unpaired) electrons. The van der Waals surface area contributed by atoms with Gasteiger partial charge in [-0.25, -0.2) is 0 Å². The van der Waals surface area contributed by atoms with Gasteiger partial charge in [-0.3, -0.25) is 9.58 Å². The maximum atomic E-state index is 6.10. The fourth-order valence-electron chi connectivity index (χ4n) is 6.85. The summed E-state index contributed by atoms with van der Waals surface area (Å²) in [7, 11) is 4.28. The molecule has 168 valence electrons. The average Bonchev–Trinajstić information content (AvgIpc) is 3.24. The van der Waals surface area contributed by atoms with E-state index in [1.165, 1.54) is 63.6 Å². The average molecular weight is 415 g/mol. The molecule has 4 aliphatic rings. The third kappa shape index (κ3) is 3.98. The standard InChI is InChI=1S/C25H42N4O/c1-23(2)15-25(18-30-17-23)7-5-19(6-8-25)22-20(14-28(4)12-11-26-3)27-29-16-24(9-10-24)13-21(22)29/h19,26H,5-18H2,1-4H3. The first-order chi connectivity index (χ1) is 14.3. The van der Waals surface area contributed by atoms with Gasteiger partial charge in [0.1, 0.15) is 0 Å². The monoisotopic (exact) mass is 414 g/mol. The van der Waals surface area contributed by atoms with Crippen LogP contribution in [-0.4, -0.2) is 55.1 Å². The summed E-state index contributed by atoms with van der Waals surface area (Å²) >= 11 is 0. The molecule has 2 aliphatic heterocycles. The number of ether oxygens (including phenoxy) is 1. The van der Waals surface area contributed by atoms with Crippen LogP contribution in [0, 0.1) is 16.2 Å². The van der Waals surface area contributed by atoms with Gasteiger partial charge in [-0.1, -0.05) is 13.8 Å². The molecule has 1 N–H and O–H groups in total. The molecule has 2 saturated carbocycles. The number of likely N-dealkylation sites (N-methyl/N-ethyl adjacent to an activating group) is 2. The van der Waals surface area contributed by atoms with Gasteiger partial charge in [0.25, 0.3) is 0 Å². The van der Waals surface area contributed by atoms with E-state index in [-0.39, 0.29) is 0 Å². The molecule has 0 unspecified atom stereocenters. The Morgan fingerprint density at radius 2 is 1.90 bits per heavy atom. The third-order valence-electron chi connectivity index (χ3n) is 8.53. The molecule has 2 spiro atoms. The van der Waals surface area contributed by atoms with Gasteiger partial charge in [-0.05, 0) is 87.6 Å². The first-order valence-corrected chi connectivity index (χ1v) is 12.3. The smallest absolute Gasteiger partial charge is 0.0802 e. The predicted molar refractivity (Wildman–Crippen MR) is 121 cm³/mol. The van der Waals surface area contributed by atoms with Gasteiger partial charge < -0.3 is 10.1 Å². The quantitative estimate of drug-likeness (QED) is 0.765. The van der Waals surface area contributed by atoms with E-state index in [9.17, 15) is 0 Å². The minimum Gasteiger partial charge on any atom is -0.380 e. The topological polar surface area (TPSA) is 42.3 Å². The number of hydrogen-bond donors (Lipinski definition) is 1. The predicted octanol–water partition coefficient (Wildman–Crippen LogP) is 3.96. The number of nitrogens with one attached hydrogen (secondary N) is 1. The lowest BCUT2D eigenvalue weighted by Crippen LogP contribution is -2.43. The summed E-state index contributed by atoms with van der Waals surface area (Å²) in [5.74, 6) is 0.700. The van der Waals surface area contributed by atoms with Crippen LogP contribution in [0.2, 0.25) is 0 Å². The van der Waals surface area contributed by atoms with Crippen LogP contribution in [0.25, 0.3) is 0 Å². The highest BCUT2D eigenvalue weighted by molar-refractivity contribution is 5.35. The number of hydrogen-bond acceptors (Lipinski definition) is 4. The summed E-state index contributed by atoms with van der Waals surface area (Å²) in [5.41, 5.74) is 5.98. The fraction of sp³-hybridized carbons (Fsp3) is 0.880. The summed E-state index contributed by atoms with van der Waals surface area (Å²) in [4.78, 5) is 2.44. The largest absolute Gasteiger partial charge is 0.380 e. The second-order valence-electron chi connectivity index (χ2n) is 12.1. The van der Waals surface area contributed by atoms with Gasteiger partial charge in [0, 0.05) is 37.4 Å². The van der Waals surface area contributed by atoms with E-state index in [1.54, 1.807) is 11.3 Å². The SMILES string of the molecule is CNCCN(C)Cc1nn2c(c1C1CCC3(CC1)COCC(C)(C)C3)CC1(CC1)C2. The minimum atomic E-state index is 0.337. The zero-order valence-electron chi connectivity index (χ0n) is 19.7. The summed E-state index contributed by atoms with van der Waals surface area (Å²) < 4.78 is 8.52. The highest BCUT2D eigenvalue weighted by Gasteiger charge is 2.50. The molecule has 3 heterocycles. The molecule has 1 aromatic heterocycles. The normalized spacial score (nSPS) is 31.6. The molecule has 30 heavy (non-hydrogen) atoms. The summed E-state index contributed by atoms with van der Waals surface area (Å²) in [6, 6.07) is 0. The fourth-order valence-corrected chi connectivity index (χ4v) is 6.85. The van der Waals surface area contributed by atoms with Crippen molar-refractivity contribution in [3.05, 3.63) is 17.0 Å². The first kappa shape index (κ1) is 21.0. The zero-order valence-corrected chi connectivity index (χ0v) is 19.7. The van der Waals surface area contributed by atoms with E-state index < -0.39 is 0 Å². The van der Waals surface area contributed by atoms with E-state index in [2.05, 4.69) is 35.8 Å². The third-order valence-corrected chi connectivity index (χ3v) is 8.53. The zero-order chi connectivity index (χ0) is 21.0. The van der Waals surface area contributed by atoms with Gasteiger partial charge in [-0.2, -0.15) is 5.10 Å². The molecule has 1 saturated heterocycles. The van der Waals surface area contributed by atoms with Crippen LogP contribution in [0.1, 0.15) is 81.7 Å². The van der Waals surface area contributed by atoms with E-state index in [4.69, 9.17) is 9.84 Å². The molecule has 2 aliphatic carbocycles. The maximum Gasteiger partial charge on any atom is 0.0802 e. The highest BCUT2D eigenvalue weighted by Crippen LogP contribution is 2.56. The number of fused-ring (bicyclic) bond motifs is 1. The molecule has 5 nitrogen and oxygen atoms in total. The Morgan fingerprint density at radius 1 is 1.13 bits per heavy atom. The highest BCUT2D eigenvalue weighted by atomic mass is 16.5. The van der Waals surface area contributed by atoms with Crippen molar-refractivity contribution in [2.45, 2.75) is 84.2 Å². The van der Waals surface area contributed by atoms with Crippen molar-refractivity contribution in [3.8, 4) is 0 Å². The van der Waals surface area contributed by atoms with Crippen LogP contribution in [0.5, 0.6) is 0 Å². The van der Waals surface area contributed by atoms with Crippen LogP contribution in [0.4, 0.5) is 0 Å². The minimum absolute atomic E-state index is 0.337. The van der Waals surface area contributed by atoms with Gasteiger partial charge >= 0.3 is 0 Å². The number of rotatable bonds is 6. The molecule has 5 rings (SSSR count). The number of nitrogens with zero attached hydrogens (tertiary/aromatic N) is 3.